The number of nitrogens with zero attached hydrogens (tertiary/aromatic N) is 2. The predicted molar refractivity (Wildman–Crippen MR) is 116 cm³/mol. The number of hydrogen-bond acceptors (Lipinski definition) is 4. The molecule has 2 N–H and O–H groups in total. The molecule has 1 aromatic heterocycles. The summed E-state index contributed by atoms with van der Waals surface area (Å²) < 4.78 is 29.8. The van der Waals surface area contributed by atoms with Crippen LogP contribution in [0.3, 0.4) is 0 Å². The van der Waals surface area contributed by atoms with Crippen LogP contribution in [0.5, 0.6) is 0 Å². The molecule has 7 nitrogen and oxygen atoms in total. The minimum absolute atomic E-state index is 0.147. The molecule has 0 saturated heterocycles. The van der Waals surface area contributed by atoms with E-state index in [4.69, 9.17) is 0 Å². The molecule has 0 bridgehead atoms. The van der Waals surface area contributed by atoms with E-state index in [0.29, 0.717) is 11.3 Å². The molecule has 3 rings (SSSR count). The molecule has 2 aromatic rings. The van der Waals surface area contributed by atoms with Crippen molar-refractivity contribution in [1.29, 1.82) is 0 Å². The molecule has 29 heavy (non-hydrogen) atoms. The molecule has 1 aliphatic rings. The first-order chi connectivity index (χ1) is 13.9. The smallest absolute Gasteiger partial charge is 0.277 e. The van der Waals surface area contributed by atoms with Crippen LogP contribution in [-0.2, 0) is 21.3 Å². The Balaban J connectivity index is 2.11. The highest BCUT2D eigenvalue weighted by atomic mass is 32.2. The van der Waals surface area contributed by atoms with Gasteiger partial charge >= 0.3 is 0 Å². The Bertz CT molecular complexity index is 1140. The van der Waals surface area contributed by atoms with Gasteiger partial charge in [-0.3, -0.25) is 14.9 Å². The lowest BCUT2D eigenvalue weighted by molar-refractivity contribution is 0.421. The first kappa shape index (κ1) is 21.0. The monoisotopic (exact) mass is 414 g/mol. The van der Waals surface area contributed by atoms with Gasteiger partial charge in [0.1, 0.15) is 0 Å². The van der Waals surface area contributed by atoms with E-state index in [-0.39, 0.29) is 13.0 Å². The fourth-order valence-corrected chi connectivity index (χ4v) is 5.01. The summed E-state index contributed by atoms with van der Waals surface area (Å²) in [5, 5.41) is 2.96. The van der Waals surface area contributed by atoms with Crippen LogP contribution in [0.25, 0.3) is 0 Å². The molecule has 1 unspecified atom stereocenters. The number of nitrogens with one attached hydrogen (secondary N) is 2. The van der Waals surface area contributed by atoms with Crippen LogP contribution in [0.4, 0.5) is 5.69 Å². The lowest BCUT2D eigenvalue weighted by Crippen LogP contribution is -2.51. The van der Waals surface area contributed by atoms with Gasteiger partial charge in [-0.2, -0.15) is 0 Å². The number of hydrogen-bond donors (Lipinski definition) is 2. The second-order valence-electron chi connectivity index (χ2n) is 6.87. The molecular formula is C21H26N4O3S. The summed E-state index contributed by atoms with van der Waals surface area (Å²) in [5.74, 6) is 0. The Morgan fingerprint density at radius 1 is 1.28 bits per heavy atom. The number of aryl methyl sites for hydroxylation is 2. The third kappa shape index (κ3) is 3.77. The molecule has 154 valence electrons. The fourth-order valence-electron chi connectivity index (χ4n) is 3.44. The van der Waals surface area contributed by atoms with Crippen molar-refractivity contribution < 1.29 is 8.42 Å². The number of sulfonamides is 1. The molecule has 1 atom stereocenters. The summed E-state index contributed by atoms with van der Waals surface area (Å²) in [7, 11) is -3.85. The maximum absolute atomic E-state index is 13.2. The lowest BCUT2D eigenvalue weighted by Gasteiger charge is -2.31. The van der Waals surface area contributed by atoms with E-state index >= 15 is 0 Å². The van der Waals surface area contributed by atoms with E-state index in [2.05, 4.69) is 14.8 Å². The largest absolute Gasteiger partial charge is 0.297 e. The molecule has 1 aromatic carbocycles. The minimum Gasteiger partial charge on any atom is -0.297 e. The molecule has 0 radical (unpaired) electrons. The number of rotatable bonds is 7. The third-order valence-electron chi connectivity index (χ3n) is 5.01. The first-order valence-electron chi connectivity index (χ1n) is 9.64. The van der Waals surface area contributed by atoms with E-state index < -0.39 is 20.5 Å². The van der Waals surface area contributed by atoms with Gasteiger partial charge in [0.25, 0.3) is 5.56 Å². The zero-order valence-corrected chi connectivity index (χ0v) is 17.7. The topological polar surface area (TPSA) is 96.3 Å². The molecule has 1 heterocycles. The van der Waals surface area contributed by atoms with E-state index in [0.717, 1.165) is 17.7 Å². The summed E-state index contributed by atoms with van der Waals surface area (Å²) in [6.07, 6.45) is 9.17. The molecule has 0 fully saturated rings. The van der Waals surface area contributed by atoms with Gasteiger partial charge < -0.3 is 0 Å². The Labute approximate surface area is 170 Å². The van der Waals surface area contributed by atoms with Gasteiger partial charge in [0.15, 0.2) is 0 Å². The second-order valence-corrected chi connectivity index (χ2v) is 8.87. The average molecular weight is 415 g/mol. The molecular weight excluding hydrogens is 388 g/mol. The van der Waals surface area contributed by atoms with Gasteiger partial charge in [-0.25, -0.2) is 17.8 Å². The minimum atomic E-state index is -3.85. The maximum atomic E-state index is 13.2. The summed E-state index contributed by atoms with van der Waals surface area (Å²) in [6, 6.07) is 7.73. The SMILES string of the molecule is CCNS(=O)(=O)C1(n2[nH]c(C)c(C=Nc3ccccc3CC)c2=O)C=CC=CC1. The van der Waals surface area contributed by atoms with Crippen molar-refractivity contribution in [1.82, 2.24) is 14.5 Å². The molecule has 1 aliphatic carbocycles. The molecule has 8 heteroatoms. The molecule has 0 saturated carbocycles. The van der Waals surface area contributed by atoms with Crippen molar-refractivity contribution >= 4 is 21.9 Å². The van der Waals surface area contributed by atoms with Gasteiger partial charge in [-0.1, -0.05) is 50.3 Å². The number of aromatic nitrogens is 2. The van der Waals surface area contributed by atoms with Crippen molar-refractivity contribution in [3.8, 4) is 0 Å². The second kappa shape index (κ2) is 8.34. The summed E-state index contributed by atoms with van der Waals surface area (Å²) in [4.78, 5) is 16.2. The Morgan fingerprint density at radius 3 is 2.69 bits per heavy atom. The van der Waals surface area contributed by atoms with Crippen molar-refractivity contribution in [3.05, 3.63) is 75.7 Å². The normalized spacial score (nSPS) is 19.3. The highest BCUT2D eigenvalue weighted by Gasteiger charge is 2.45. The van der Waals surface area contributed by atoms with Crippen molar-refractivity contribution in [2.24, 2.45) is 4.99 Å². The van der Waals surface area contributed by atoms with E-state index in [1.807, 2.05) is 31.2 Å². The third-order valence-corrected chi connectivity index (χ3v) is 7.10. The Kier molecular flexibility index (Phi) is 6.04. The van der Waals surface area contributed by atoms with Gasteiger partial charge in [-0.05, 0) is 31.1 Å². The van der Waals surface area contributed by atoms with Crippen molar-refractivity contribution in [2.45, 2.75) is 38.5 Å². The maximum Gasteiger partial charge on any atom is 0.277 e. The van der Waals surface area contributed by atoms with Crippen LogP contribution in [0.2, 0.25) is 0 Å². The fraction of sp³-hybridized carbons (Fsp3) is 0.333. The quantitative estimate of drug-likeness (QED) is 0.682. The summed E-state index contributed by atoms with van der Waals surface area (Å²) >= 11 is 0. The van der Waals surface area contributed by atoms with Gasteiger partial charge in [0.05, 0.1) is 11.3 Å². The number of benzene rings is 1. The number of allylic oxidation sites excluding steroid dienone is 3. The number of para-hydroxylation sites is 1. The van der Waals surface area contributed by atoms with Crippen LogP contribution >= 0.6 is 0 Å². The molecule has 0 amide bonds. The number of aliphatic imine (C=N–C) groups is 1. The highest BCUT2D eigenvalue weighted by molar-refractivity contribution is 7.90. The van der Waals surface area contributed by atoms with Crippen LogP contribution in [-0.4, -0.2) is 31.0 Å². The van der Waals surface area contributed by atoms with Crippen LogP contribution in [0.15, 0.2) is 58.4 Å². The number of aromatic amines is 1. The molecule has 0 aliphatic heterocycles. The van der Waals surface area contributed by atoms with Gasteiger partial charge in [0.2, 0.25) is 14.9 Å². The lowest BCUT2D eigenvalue weighted by atomic mass is 10.1. The zero-order chi connectivity index (χ0) is 21.1. The standard InChI is InChI=1S/C21H26N4O3S/c1-4-17-11-7-8-12-19(17)22-15-18-16(3)24-25(20(18)26)21(13-9-6-10-14-21)29(27,28)23-5-2/h6-13,15,23-24H,4-5,14H2,1-3H3. The van der Waals surface area contributed by atoms with E-state index in [1.54, 1.807) is 32.1 Å². The highest BCUT2D eigenvalue weighted by Crippen LogP contribution is 2.31. The van der Waals surface area contributed by atoms with Crippen LogP contribution < -0.4 is 10.3 Å². The zero-order valence-electron chi connectivity index (χ0n) is 16.8. The van der Waals surface area contributed by atoms with E-state index in [1.165, 1.54) is 17.0 Å². The predicted octanol–water partition coefficient (Wildman–Crippen LogP) is 2.91. The van der Waals surface area contributed by atoms with Crippen LogP contribution in [0, 0.1) is 6.92 Å². The van der Waals surface area contributed by atoms with Gasteiger partial charge in [-0.15, -0.1) is 0 Å². The van der Waals surface area contributed by atoms with E-state index in [9.17, 15) is 13.2 Å². The first-order valence-corrected chi connectivity index (χ1v) is 11.1. The van der Waals surface area contributed by atoms with Crippen molar-refractivity contribution in [2.75, 3.05) is 6.54 Å². The summed E-state index contributed by atoms with van der Waals surface area (Å²) in [6.45, 7) is 5.72. The Morgan fingerprint density at radius 2 is 2.03 bits per heavy atom. The van der Waals surface area contributed by atoms with Crippen LogP contribution in [0.1, 0.15) is 37.1 Å². The summed E-state index contributed by atoms with van der Waals surface area (Å²) in [5.41, 5.74) is 2.33. The van der Waals surface area contributed by atoms with Gasteiger partial charge in [0, 0.05) is 24.9 Å². The Hall–Kier alpha value is -2.71. The average Bonchev–Trinajstić information content (AvgIpc) is 3.01. The van der Waals surface area contributed by atoms with Crippen molar-refractivity contribution in [3.63, 3.8) is 0 Å². The number of H-pyrrole nitrogens is 1. The molecule has 0 spiro atoms.